The zero-order valence-electron chi connectivity index (χ0n) is 15.6. The van der Waals surface area contributed by atoms with Crippen molar-refractivity contribution in [2.24, 2.45) is 5.14 Å². The second kappa shape index (κ2) is 8.60. The smallest absolute Gasteiger partial charge is 0.233 e. The molecule has 4 rings (SSSR count). The number of anilines is 1. The number of benzene rings is 1. The lowest BCUT2D eigenvalue weighted by atomic mass is 10.0. The summed E-state index contributed by atoms with van der Waals surface area (Å²) < 4.78 is 2.52. The molecule has 1 amide bonds. The summed E-state index contributed by atoms with van der Waals surface area (Å²) in [6.07, 6.45) is 3.37. The number of carbonyl (C=O) groups excluding carboxylic acids is 1. The highest BCUT2D eigenvalue weighted by Crippen LogP contribution is 2.31. The van der Waals surface area contributed by atoms with Crippen LogP contribution in [-0.4, -0.2) is 55.4 Å². The molecule has 152 valence electrons. The van der Waals surface area contributed by atoms with Crippen molar-refractivity contribution < 1.29 is 9.90 Å². The summed E-state index contributed by atoms with van der Waals surface area (Å²) in [5, 5.41) is 23.6. The van der Waals surface area contributed by atoms with Gasteiger partial charge < -0.3 is 15.3 Å². The third-order valence-corrected chi connectivity index (χ3v) is 5.99. The number of para-hydroxylation sites is 1. The summed E-state index contributed by atoms with van der Waals surface area (Å²) in [4.78, 5) is 18.5. The van der Waals surface area contributed by atoms with E-state index < -0.39 is 0 Å². The van der Waals surface area contributed by atoms with Gasteiger partial charge in [-0.2, -0.15) is 9.61 Å². The first-order valence-electron chi connectivity index (χ1n) is 9.25. The molecule has 0 bridgehead atoms. The molecule has 0 aliphatic carbocycles. The summed E-state index contributed by atoms with van der Waals surface area (Å²) in [5.74, 6) is 1.37. The Bertz CT molecular complexity index is 1030. The number of amides is 1. The van der Waals surface area contributed by atoms with Crippen LogP contribution in [0.1, 0.15) is 12.8 Å². The largest absolute Gasteiger partial charge is 0.507 e. The molecule has 1 saturated heterocycles. The summed E-state index contributed by atoms with van der Waals surface area (Å²) in [5.41, 5.74) is 1.98. The van der Waals surface area contributed by atoms with Crippen molar-refractivity contribution in [3.8, 4) is 17.0 Å². The Balaban J connectivity index is 1.59. The van der Waals surface area contributed by atoms with Crippen LogP contribution >= 0.6 is 27.9 Å². The Hall–Kier alpha value is -2.30. The molecule has 1 aliphatic rings. The zero-order valence-corrected chi connectivity index (χ0v) is 18.0. The van der Waals surface area contributed by atoms with E-state index in [9.17, 15) is 9.90 Å². The Kier molecular flexibility index (Phi) is 5.93. The van der Waals surface area contributed by atoms with E-state index in [1.165, 1.54) is 0 Å². The first kappa shape index (κ1) is 20.0. The van der Waals surface area contributed by atoms with Crippen molar-refractivity contribution in [2.45, 2.75) is 18.9 Å². The number of aromatic hydroxyl groups is 1. The van der Waals surface area contributed by atoms with E-state index in [4.69, 9.17) is 5.14 Å². The van der Waals surface area contributed by atoms with Crippen LogP contribution in [0.4, 0.5) is 5.82 Å². The zero-order chi connectivity index (χ0) is 20.4. The molecule has 0 spiro atoms. The number of aromatic nitrogens is 3. The lowest BCUT2D eigenvalue weighted by Gasteiger charge is -2.32. The van der Waals surface area contributed by atoms with E-state index in [0.29, 0.717) is 35.7 Å². The van der Waals surface area contributed by atoms with Gasteiger partial charge in [0.25, 0.3) is 0 Å². The molecule has 1 fully saturated rings. The molecule has 0 saturated carbocycles. The number of phenolic OH excluding ortho intramolecular Hbond substituents is 1. The third-order valence-electron chi connectivity index (χ3n) is 5.02. The predicted octanol–water partition coefficient (Wildman–Crippen LogP) is 2.87. The van der Waals surface area contributed by atoms with Gasteiger partial charge in [0.2, 0.25) is 5.91 Å². The average molecular weight is 477 g/mol. The van der Waals surface area contributed by atoms with Crippen molar-refractivity contribution in [1.82, 2.24) is 19.5 Å². The van der Waals surface area contributed by atoms with Gasteiger partial charge in [-0.05, 0) is 40.9 Å². The van der Waals surface area contributed by atoms with E-state index in [-0.39, 0.29) is 17.7 Å². The molecule has 29 heavy (non-hydrogen) atoms. The predicted molar refractivity (Wildman–Crippen MR) is 118 cm³/mol. The Labute approximate surface area is 180 Å². The van der Waals surface area contributed by atoms with Gasteiger partial charge in [-0.1, -0.05) is 24.1 Å². The van der Waals surface area contributed by atoms with Gasteiger partial charge in [-0.3, -0.25) is 9.93 Å². The monoisotopic (exact) mass is 476 g/mol. The number of fused-ring (bicyclic) bond motifs is 1. The summed E-state index contributed by atoms with van der Waals surface area (Å²) >= 11 is 4.56. The topological polar surface area (TPSA) is 109 Å². The van der Waals surface area contributed by atoms with Gasteiger partial charge in [0.05, 0.1) is 22.1 Å². The number of hydrogen-bond acceptors (Lipinski definition) is 7. The molecule has 8 nitrogen and oxygen atoms in total. The number of carbonyl (C=O) groups is 1. The van der Waals surface area contributed by atoms with E-state index in [0.717, 1.165) is 35.1 Å². The number of halogens is 1. The van der Waals surface area contributed by atoms with Gasteiger partial charge in [0, 0.05) is 30.8 Å². The molecule has 0 atom stereocenters. The fourth-order valence-corrected chi connectivity index (χ4v) is 4.19. The van der Waals surface area contributed by atoms with Gasteiger partial charge in [0.15, 0.2) is 5.65 Å². The average Bonchev–Trinajstić information content (AvgIpc) is 3.10. The summed E-state index contributed by atoms with van der Waals surface area (Å²) in [7, 11) is 0. The number of hydrogen-bond donors (Lipinski definition) is 3. The lowest BCUT2D eigenvalue weighted by Crippen LogP contribution is -2.43. The van der Waals surface area contributed by atoms with Crippen molar-refractivity contribution in [3.63, 3.8) is 0 Å². The van der Waals surface area contributed by atoms with Crippen LogP contribution < -0.4 is 10.5 Å². The number of phenols is 1. The standard InChI is InChI=1S/C19H21BrN6O2S/c20-14-10-22-26-17(23-12-5-7-25(8-6-12)18(28)11-29-21)9-15(24-19(14)26)13-3-1-2-4-16(13)27/h1-4,9-10,12,23,27H,5-8,11,21H2. The molecule has 0 unspecified atom stereocenters. The minimum atomic E-state index is 0.0834. The van der Waals surface area contributed by atoms with Crippen LogP contribution in [0.25, 0.3) is 16.9 Å². The maximum absolute atomic E-state index is 12.0. The minimum Gasteiger partial charge on any atom is -0.507 e. The number of nitrogens with zero attached hydrogens (tertiary/aromatic N) is 4. The highest BCUT2D eigenvalue weighted by molar-refractivity contribution is 9.10. The number of piperidine rings is 1. The first-order chi connectivity index (χ1) is 14.1. The number of nitrogens with two attached hydrogens (primary N) is 1. The van der Waals surface area contributed by atoms with E-state index in [1.54, 1.807) is 22.8 Å². The maximum Gasteiger partial charge on any atom is 0.233 e. The van der Waals surface area contributed by atoms with E-state index in [2.05, 4.69) is 31.3 Å². The second-order valence-electron chi connectivity index (χ2n) is 6.88. The van der Waals surface area contributed by atoms with Gasteiger partial charge in [0.1, 0.15) is 11.6 Å². The van der Waals surface area contributed by atoms with Crippen LogP contribution in [-0.2, 0) is 4.79 Å². The van der Waals surface area contributed by atoms with Gasteiger partial charge in [-0.25, -0.2) is 4.98 Å². The second-order valence-corrected chi connectivity index (χ2v) is 8.36. The molecule has 3 heterocycles. The van der Waals surface area contributed by atoms with Crippen LogP contribution in [0.2, 0.25) is 0 Å². The Morgan fingerprint density at radius 3 is 2.83 bits per heavy atom. The van der Waals surface area contributed by atoms with E-state index in [1.807, 2.05) is 23.1 Å². The molecule has 2 aromatic heterocycles. The first-order valence-corrected chi connectivity index (χ1v) is 11.1. The molecule has 3 aromatic rings. The highest BCUT2D eigenvalue weighted by Gasteiger charge is 2.23. The van der Waals surface area contributed by atoms with Crippen LogP contribution in [0.15, 0.2) is 41.0 Å². The molecule has 4 N–H and O–H groups in total. The number of likely N-dealkylation sites (tertiary alicyclic amines) is 1. The molecule has 1 aromatic carbocycles. The minimum absolute atomic E-state index is 0.0834. The SMILES string of the molecule is NSCC(=O)N1CCC(Nc2cc(-c3ccccc3O)nc3c(Br)cnn23)CC1. The summed E-state index contributed by atoms with van der Waals surface area (Å²) in [6.45, 7) is 1.39. The molecule has 10 heteroatoms. The van der Waals surface area contributed by atoms with Crippen molar-refractivity contribution in [2.75, 3.05) is 24.2 Å². The van der Waals surface area contributed by atoms with Gasteiger partial charge in [-0.15, -0.1) is 0 Å². The lowest BCUT2D eigenvalue weighted by molar-refractivity contribution is -0.129. The van der Waals surface area contributed by atoms with Crippen molar-refractivity contribution in [1.29, 1.82) is 0 Å². The maximum atomic E-state index is 12.0. The van der Waals surface area contributed by atoms with Crippen LogP contribution in [0, 0.1) is 0 Å². The van der Waals surface area contributed by atoms with Crippen molar-refractivity contribution >= 4 is 45.3 Å². The molecule has 0 radical (unpaired) electrons. The normalized spacial score (nSPS) is 15.0. The molecule has 1 aliphatic heterocycles. The Morgan fingerprint density at radius 2 is 2.10 bits per heavy atom. The Morgan fingerprint density at radius 1 is 1.34 bits per heavy atom. The van der Waals surface area contributed by atoms with Crippen LogP contribution in [0.3, 0.4) is 0 Å². The quantitative estimate of drug-likeness (QED) is 0.485. The molecular weight excluding hydrogens is 456 g/mol. The highest BCUT2D eigenvalue weighted by atomic mass is 79.9. The van der Waals surface area contributed by atoms with E-state index >= 15 is 0 Å². The van der Waals surface area contributed by atoms with Crippen LogP contribution in [0.5, 0.6) is 5.75 Å². The number of rotatable bonds is 5. The molecular formula is C19H21BrN6O2S. The fraction of sp³-hybridized carbons (Fsp3) is 0.316. The third kappa shape index (κ3) is 4.19. The van der Waals surface area contributed by atoms with Crippen molar-refractivity contribution in [3.05, 3.63) is 41.0 Å². The van der Waals surface area contributed by atoms with Gasteiger partial charge >= 0.3 is 0 Å². The summed E-state index contributed by atoms with van der Waals surface area (Å²) in [6, 6.07) is 9.23. The fourth-order valence-electron chi connectivity index (χ4n) is 3.51. The number of nitrogens with one attached hydrogen (secondary N) is 1.